The van der Waals surface area contributed by atoms with Crippen LogP contribution in [0.4, 0.5) is 5.69 Å². The molecule has 1 aromatic carbocycles. The quantitative estimate of drug-likeness (QED) is 0.466. The van der Waals surface area contributed by atoms with Crippen molar-refractivity contribution in [3.63, 3.8) is 0 Å². The van der Waals surface area contributed by atoms with Gasteiger partial charge in [0.05, 0.1) is 11.9 Å². The lowest BCUT2D eigenvalue weighted by molar-refractivity contribution is -0.113. The molecule has 0 amide bonds. The zero-order chi connectivity index (χ0) is 20.1. The molecule has 4 heteroatoms. The number of azo groups is 1. The van der Waals surface area contributed by atoms with Crippen molar-refractivity contribution in [1.29, 1.82) is 0 Å². The van der Waals surface area contributed by atoms with Crippen LogP contribution in [0.1, 0.15) is 64.2 Å². The zero-order valence-electron chi connectivity index (χ0n) is 16.9. The molecule has 0 aromatic heterocycles. The molecule has 0 unspecified atom stereocenters. The number of hydrogen-bond donors (Lipinski definition) is 0. The second kappa shape index (κ2) is 9.67. The molecule has 0 N–H and O–H groups in total. The molecule has 2 saturated carbocycles. The summed E-state index contributed by atoms with van der Waals surface area (Å²) in [6.45, 7) is 0. The number of hydrogen-bond acceptors (Lipinski definition) is 3. The molecule has 0 heterocycles. The summed E-state index contributed by atoms with van der Waals surface area (Å²) in [6.07, 6.45) is 18.0. The Morgan fingerprint density at radius 3 is 1.83 bits per heavy atom. The highest BCUT2D eigenvalue weighted by atomic mass is 35.5. The molecule has 0 saturated heterocycles. The summed E-state index contributed by atoms with van der Waals surface area (Å²) in [4.78, 5) is 13.4. The lowest BCUT2D eigenvalue weighted by Crippen LogP contribution is -2.25. The van der Waals surface area contributed by atoms with E-state index in [1.807, 2.05) is 24.3 Å². The van der Waals surface area contributed by atoms with Crippen molar-refractivity contribution >= 4 is 23.1 Å². The molecule has 3 aliphatic rings. The third-order valence-corrected chi connectivity index (χ3v) is 6.72. The number of allylic oxidation sites excluding steroid dienone is 5. The van der Waals surface area contributed by atoms with Gasteiger partial charge in [-0.15, -0.1) is 0 Å². The minimum absolute atomic E-state index is 0.301. The number of carbonyl (C=O) groups is 1. The molecule has 0 aliphatic heterocycles. The lowest BCUT2D eigenvalue weighted by atomic mass is 9.73. The number of halogens is 1. The maximum absolute atomic E-state index is 13.4. The predicted octanol–water partition coefficient (Wildman–Crippen LogP) is 7.90. The van der Waals surface area contributed by atoms with Crippen molar-refractivity contribution in [3.8, 4) is 0 Å². The average molecular weight is 409 g/mol. The third-order valence-electron chi connectivity index (χ3n) is 6.47. The summed E-state index contributed by atoms with van der Waals surface area (Å²) in [5.41, 5.74) is 3.80. The largest absolute Gasteiger partial charge is 0.289 e. The normalized spacial score (nSPS) is 22.0. The van der Waals surface area contributed by atoms with Crippen molar-refractivity contribution in [2.45, 2.75) is 64.2 Å². The van der Waals surface area contributed by atoms with E-state index in [0.717, 1.165) is 48.1 Å². The first-order chi connectivity index (χ1) is 14.2. The van der Waals surface area contributed by atoms with Gasteiger partial charge in [0.2, 0.25) is 0 Å². The van der Waals surface area contributed by atoms with E-state index < -0.39 is 0 Å². The highest BCUT2D eigenvalue weighted by Gasteiger charge is 2.31. The predicted molar refractivity (Wildman–Crippen MR) is 118 cm³/mol. The van der Waals surface area contributed by atoms with Crippen molar-refractivity contribution < 1.29 is 4.79 Å². The molecule has 0 spiro atoms. The summed E-state index contributed by atoms with van der Waals surface area (Å²) in [7, 11) is 0. The van der Waals surface area contributed by atoms with E-state index in [0.29, 0.717) is 22.6 Å². The lowest BCUT2D eigenvalue weighted by Gasteiger charge is -2.30. The van der Waals surface area contributed by atoms with Crippen molar-refractivity contribution in [2.75, 3.05) is 0 Å². The monoisotopic (exact) mass is 408 g/mol. The Balaban J connectivity index is 1.60. The number of rotatable bonds is 4. The van der Waals surface area contributed by atoms with Crippen molar-refractivity contribution in [1.82, 2.24) is 0 Å². The fourth-order valence-corrected chi connectivity index (χ4v) is 5.00. The van der Waals surface area contributed by atoms with Gasteiger partial charge >= 0.3 is 0 Å². The topological polar surface area (TPSA) is 41.8 Å². The highest BCUT2D eigenvalue weighted by molar-refractivity contribution is 6.30. The molecule has 0 radical (unpaired) electrons. The molecule has 1 aromatic rings. The first kappa shape index (κ1) is 20.3. The highest BCUT2D eigenvalue weighted by Crippen LogP contribution is 2.39. The van der Waals surface area contributed by atoms with Crippen molar-refractivity contribution in [2.24, 2.45) is 22.1 Å². The summed E-state index contributed by atoms with van der Waals surface area (Å²) in [5, 5.41) is 9.27. The molecule has 29 heavy (non-hydrogen) atoms. The Kier molecular flexibility index (Phi) is 6.76. The van der Waals surface area contributed by atoms with Crippen LogP contribution in [-0.2, 0) is 4.79 Å². The Morgan fingerprint density at radius 1 is 0.793 bits per heavy atom. The van der Waals surface area contributed by atoms with E-state index in [1.165, 1.54) is 38.5 Å². The molecule has 3 aliphatic carbocycles. The number of carbonyl (C=O) groups excluding carboxylic acids is 1. The Bertz CT molecular complexity index is 811. The van der Waals surface area contributed by atoms with Gasteiger partial charge in [-0.2, -0.15) is 10.2 Å². The minimum atomic E-state index is 0.301. The third kappa shape index (κ3) is 5.14. The molecule has 0 bridgehead atoms. The van der Waals surface area contributed by atoms with Gasteiger partial charge in [-0.05, 0) is 79.5 Å². The summed E-state index contributed by atoms with van der Waals surface area (Å²) < 4.78 is 0. The van der Waals surface area contributed by atoms with Gasteiger partial charge in [0.25, 0.3) is 0 Å². The van der Waals surface area contributed by atoms with E-state index in [4.69, 9.17) is 11.6 Å². The van der Waals surface area contributed by atoms with Crippen LogP contribution in [0.5, 0.6) is 0 Å². The second-order valence-corrected chi connectivity index (χ2v) is 8.96. The fraction of sp³-hybridized carbons (Fsp3) is 0.480. The summed E-state index contributed by atoms with van der Waals surface area (Å²) in [5.74, 6) is 1.11. The van der Waals surface area contributed by atoms with Gasteiger partial charge in [0.15, 0.2) is 5.78 Å². The van der Waals surface area contributed by atoms with Crippen LogP contribution in [-0.4, -0.2) is 5.78 Å². The van der Waals surface area contributed by atoms with Crippen LogP contribution in [0.3, 0.4) is 0 Å². The minimum Gasteiger partial charge on any atom is -0.289 e. The fourth-order valence-electron chi connectivity index (χ4n) is 4.88. The van der Waals surface area contributed by atoms with E-state index in [9.17, 15) is 4.79 Å². The van der Waals surface area contributed by atoms with E-state index in [1.54, 1.807) is 6.20 Å². The maximum atomic E-state index is 13.4. The van der Waals surface area contributed by atoms with E-state index in [2.05, 4.69) is 22.4 Å². The zero-order valence-corrected chi connectivity index (χ0v) is 17.7. The van der Waals surface area contributed by atoms with Gasteiger partial charge < -0.3 is 0 Å². The van der Waals surface area contributed by atoms with Gasteiger partial charge in [-0.3, -0.25) is 4.79 Å². The summed E-state index contributed by atoms with van der Waals surface area (Å²) >= 11 is 5.93. The smallest absolute Gasteiger partial charge is 0.185 e. The second-order valence-electron chi connectivity index (χ2n) is 8.52. The van der Waals surface area contributed by atoms with E-state index in [-0.39, 0.29) is 0 Å². The number of ketones is 1. The van der Waals surface area contributed by atoms with Gasteiger partial charge in [0.1, 0.15) is 0 Å². The standard InChI is InChI=1S/C25H29ClN2O/c26-21-11-13-22(14-12-21)28-27-17-18-15-23(19-7-3-1-4-8-19)25(29)24(16-18)20-9-5-2-6-10-20/h11-17,19-20H,1-10H2. The van der Waals surface area contributed by atoms with Crippen LogP contribution in [0.25, 0.3) is 0 Å². The van der Waals surface area contributed by atoms with Gasteiger partial charge in [-0.25, -0.2) is 0 Å². The van der Waals surface area contributed by atoms with Crippen LogP contribution in [0.15, 0.2) is 69.6 Å². The van der Waals surface area contributed by atoms with Gasteiger partial charge in [0, 0.05) is 16.2 Å². The maximum Gasteiger partial charge on any atom is 0.185 e. The van der Waals surface area contributed by atoms with Crippen LogP contribution >= 0.6 is 11.6 Å². The molecule has 4 rings (SSSR count). The Hall–Kier alpha value is -2.00. The molecule has 152 valence electrons. The number of benzene rings is 1. The molecule has 2 fully saturated rings. The molecular weight excluding hydrogens is 380 g/mol. The van der Waals surface area contributed by atoms with E-state index >= 15 is 0 Å². The van der Waals surface area contributed by atoms with Crippen LogP contribution in [0.2, 0.25) is 5.02 Å². The SMILES string of the molecule is O=C1C(C2CCCCC2)=CC(=CN=Nc2ccc(Cl)cc2)C=C1C1CCCCC1. The Morgan fingerprint density at radius 2 is 1.31 bits per heavy atom. The molecular formula is C25H29ClN2O. The first-order valence-electron chi connectivity index (χ1n) is 11.0. The summed E-state index contributed by atoms with van der Waals surface area (Å²) in [6, 6.07) is 7.32. The van der Waals surface area contributed by atoms with Crippen molar-refractivity contribution in [3.05, 3.63) is 64.4 Å². The number of nitrogens with zero attached hydrogens (tertiary/aromatic N) is 2. The van der Waals surface area contributed by atoms with Gasteiger partial charge in [-0.1, -0.05) is 50.1 Å². The molecule has 0 atom stereocenters. The van der Waals surface area contributed by atoms with Crippen LogP contribution < -0.4 is 0 Å². The average Bonchev–Trinajstić information content (AvgIpc) is 2.77. The van der Waals surface area contributed by atoms with Crippen LogP contribution in [0, 0.1) is 11.8 Å². The Labute approximate surface area is 178 Å². The first-order valence-corrected chi connectivity index (χ1v) is 11.4. The molecule has 3 nitrogen and oxygen atoms in total. The number of Topliss-reactive ketones (excluding diaryl/α,β-unsaturated/α-hetero) is 1.